The van der Waals surface area contributed by atoms with Gasteiger partial charge in [0, 0.05) is 13.1 Å². The van der Waals surface area contributed by atoms with Crippen LogP contribution in [0.3, 0.4) is 0 Å². The summed E-state index contributed by atoms with van der Waals surface area (Å²) in [5, 5.41) is 17.9. The Labute approximate surface area is 174 Å². The van der Waals surface area contributed by atoms with E-state index in [2.05, 4.69) is 34.1 Å². The first-order valence-electron chi connectivity index (χ1n) is 10.1. The van der Waals surface area contributed by atoms with E-state index in [1.807, 2.05) is 35.8 Å². The van der Waals surface area contributed by atoms with E-state index in [1.165, 1.54) is 10.9 Å². The third-order valence-electron chi connectivity index (χ3n) is 5.23. The fourth-order valence-electron chi connectivity index (χ4n) is 3.46. The Kier molecular flexibility index (Phi) is 6.78. The van der Waals surface area contributed by atoms with Gasteiger partial charge in [0.1, 0.15) is 18.4 Å². The molecule has 0 saturated carbocycles. The molecule has 10 nitrogen and oxygen atoms in total. The Bertz CT molecular complexity index is 1020. The molecule has 1 amide bonds. The van der Waals surface area contributed by atoms with Gasteiger partial charge in [0.25, 0.3) is 5.91 Å². The monoisotopic (exact) mass is 413 g/mol. The van der Waals surface area contributed by atoms with Crippen molar-refractivity contribution in [2.45, 2.75) is 39.8 Å². The van der Waals surface area contributed by atoms with Crippen LogP contribution in [0.1, 0.15) is 33.2 Å². The van der Waals surface area contributed by atoms with Crippen LogP contribution < -0.4 is 5.32 Å². The second-order valence-electron chi connectivity index (χ2n) is 6.95. The topological polar surface area (TPSA) is 111 Å². The number of amides is 1. The first-order chi connectivity index (χ1) is 14.5. The summed E-state index contributed by atoms with van der Waals surface area (Å²) < 4.78 is 3.33. The molecule has 10 heteroatoms. The molecular formula is C20H27N7O3. The number of para-hydroxylation sites is 2. The van der Waals surface area contributed by atoms with Crippen LogP contribution in [0.25, 0.3) is 11.0 Å². The molecule has 30 heavy (non-hydrogen) atoms. The SMILES string of the molecule is CCC(C(=O)Nc1nc2ccccc2n1CCN(CC)CC)n1cc([N+](=O)[O-])cn1. The summed E-state index contributed by atoms with van der Waals surface area (Å²) in [6.45, 7) is 9.48. The van der Waals surface area contributed by atoms with Crippen LogP contribution in [-0.4, -0.2) is 54.7 Å². The lowest BCUT2D eigenvalue weighted by Gasteiger charge is -2.20. The first-order valence-corrected chi connectivity index (χ1v) is 10.1. The smallest absolute Gasteiger partial charge is 0.307 e. The van der Waals surface area contributed by atoms with Crippen molar-refractivity contribution >= 4 is 28.6 Å². The fourth-order valence-corrected chi connectivity index (χ4v) is 3.46. The van der Waals surface area contributed by atoms with E-state index in [-0.39, 0.29) is 11.6 Å². The summed E-state index contributed by atoms with van der Waals surface area (Å²) >= 11 is 0. The van der Waals surface area contributed by atoms with Gasteiger partial charge in [-0.2, -0.15) is 5.10 Å². The van der Waals surface area contributed by atoms with Crippen molar-refractivity contribution < 1.29 is 9.72 Å². The highest BCUT2D eigenvalue weighted by molar-refractivity contribution is 5.94. The zero-order valence-electron chi connectivity index (χ0n) is 17.5. The minimum absolute atomic E-state index is 0.146. The molecule has 0 aliphatic rings. The van der Waals surface area contributed by atoms with E-state index in [1.54, 1.807) is 0 Å². The number of rotatable bonds is 10. The molecule has 0 aliphatic heterocycles. The number of imidazole rings is 1. The quantitative estimate of drug-likeness (QED) is 0.404. The second-order valence-corrected chi connectivity index (χ2v) is 6.95. The van der Waals surface area contributed by atoms with Crippen molar-refractivity contribution in [1.82, 2.24) is 24.2 Å². The zero-order valence-corrected chi connectivity index (χ0v) is 17.5. The van der Waals surface area contributed by atoms with Crippen LogP contribution in [0, 0.1) is 10.1 Å². The highest BCUT2D eigenvalue weighted by Crippen LogP contribution is 2.22. The average molecular weight is 413 g/mol. The van der Waals surface area contributed by atoms with Gasteiger partial charge in [-0.15, -0.1) is 0 Å². The van der Waals surface area contributed by atoms with Crippen LogP contribution in [0.15, 0.2) is 36.7 Å². The Morgan fingerprint density at radius 1 is 1.27 bits per heavy atom. The summed E-state index contributed by atoms with van der Waals surface area (Å²) in [6.07, 6.45) is 2.86. The molecule has 1 N–H and O–H groups in total. The van der Waals surface area contributed by atoms with Crippen molar-refractivity contribution in [2.75, 3.05) is 25.0 Å². The van der Waals surface area contributed by atoms with E-state index in [9.17, 15) is 14.9 Å². The molecule has 3 rings (SSSR count). The number of nitrogens with one attached hydrogen (secondary N) is 1. The molecule has 0 bridgehead atoms. The molecule has 2 heterocycles. The molecule has 0 aliphatic carbocycles. The van der Waals surface area contributed by atoms with E-state index < -0.39 is 11.0 Å². The first kappa shape index (κ1) is 21.4. The number of fused-ring (bicyclic) bond motifs is 1. The van der Waals surface area contributed by atoms with Crippen molar-refractivity contribution in [3.63, 3.8) is 0 Å². The number of nitro groups is 1. The van der Waals surface area contributed by atoms with Crippen LogP contribution in [0.2, 0.25) is 0 Å². The van der Waals surface area contributed by atoms with Crippen LogP contribution in [0.4, 0.5) is 11.6 Å². The summed E-state index contributed by atoms with van der Waals surface area (Å²) in [5.41, 5.74) is 1.60. The van der Waals surface area contributed by atoms with Gasteiger partial charge in [-0.05, 0) is 31.6 Å². The lowest BCUT2D eigenvalue weighted by atomic mass is 10.2. The molecule has 0 spiro atoms. The summed E-state index contributed by atoms with van der Waals surface area (Å²) in [7, 11) is 0. The Balaban J connectivity index is 1.86. The number of benzene rings is 1. The van der Waals surface area contributed by atoms with Crippen molar-refractivity contribution in [3.8, 4) is 0 Å². The largest absolute Gasteiger partial charge is 0.309 e. The van der Waals surface area contributed by atoms with E-state index in [0.717, 1.165) is 36.9 Å². The van der Waals surface area contributed by atoms with Crippen LogP contribution in [-0.2, 0) is 11.3 Å². The molecule has 0 fully saturated rings. The highest BCUT2D eigenvalue weighted by Gasteiger charge is 2.24. The Morgan fingerprint density at radius 3 is 2.63 bits per heavy atom. The van der Waals surface area contributed by atoms with E-state index >= 15 is 0 Å². The number of hydrogen-bond acceptors (Lipinski definition) is 6. The summed E-state index contributed by atoms with van der Waals surface area (Å²) in [6, 6.07) is 7.07. The van der Waals surface area contributed by atoms with Gasteiger partial charge >= 0.3 is 5.69 Å². The van der Waals surface area contributed by atoms with Crippen molar-refractivity contribution in [2.24, 2.45) is 0 Å². The fraction of sp³-hybridized carbons (Fsp3) is 0.450. The standard InChI is InChI=1S/C20H27N7O3/c1-4-17(26-14-15(13-21-26)27(29)30)19(28)23-20-22-16-9-7-8-10-18(16)25(20)12-11-24(5-2)6-3/h7-10,13-14,17H,4-6,11-12H2,1-3H3,(H,22,23,28). The molecule has 1 aromatic carbocycles. The van der Waals surface area contributed by atoms with E-state index in [0.29, 0.717) is 18.9 Å². The van der Waals surface area contributed by atoms with Crippen molar-refractivity contribution in [3.05, 3.63) is 46.8 Å². The van der Waals surface area contributed by atoms with Crippen LogP contribution in [0.5, 0.6) is 0 Å². The lowest BCUT2D eigenvalue weighted by Crippen LogP contribution is -2.29. The van der Waals surface area contributed by atoms with Gasteiger partial charge in [-0.25, -0.2) is 4.98 Å². The summed E-state index contributed by atoms with van der Waals surface area (Å²) in [4.78, 5) is 30.3. The summed E-state index contributed by atoms with van der Waals surface area (Å²) in [5.74, 6) is 0.156. The number of carbonyl (C=O) groups is 1. The molecule has 0 radical (unpaired) electrons. The van der Waals surface area contributed by atoms with Gasteiger partial charge < -0.3 is 9.47 Å². The highest BCUT2D eigenvalue weighted by atomic mass is 16.6. The number of likely N-dealkylation sites (N-methyl/N-ethyl adjacent to an activating group) is 1. The maximum Gasteiger partial charge on any atom is 0.307 e. The normalized spacial score (nSPS) is 12.4. The third-order valence-corrected chi connectivity index (χ3v) is 5.23. The molecule has 160 valence electrons. The third kappa shape index (κ3) is 4.48. The number of hydrogen-bond donors (Lipinski definition) is 1. The minimum Gasteiger partial charge on any atom is -0.309 e. The van der Waals surface area contributed by atoms with E-state index in [4.69, 9.17) is 0 Å². The maximum absolute atomic E-state index is 13.0. The predicted octanol–water partition coefficient (Wildman–Crippen LogP) is 3.07. The number of nitrogens with zero attached hydrogens (tertiary/aromatic N) is 6. The number of anilines is 1. The van der Waals surface area contributed by atoms with Crippen LogP contribution >= 0.6 is 0 Å². The molecule has 2 aromatic heterocycles. The molecular weight excluding hydrogens is 386 g/mol. The molecule has 1 unspecified atom stereocenters. The Morgan fingerprint density at radius 2 is 2.00 bits per heavy atom. The van der Waals surface area contributed by atoms with Gasteiger partial charge in [0.05, 0.1) is 16.0 Å². The Hall–Kier alpha value is -3.27. The molecule has 1 atom stereocenters. The average Bonchev–Trinajstić information content (AvgIpc) is 3.35. The number of carbonyl (C=O) groups excluding carboxylic acids is 1. The van der Waals surface area contributed by atoms with Gasteiger partial charge in [-0.3, -0.25) is 24.9 Å². The second kappa shape index (κ2) is 9.49. The van der Waals surface area contributed by atoms with Gasteiger partial charge in [0.15, 0.2) is 0 Å². The van der Waals surface area contributed by atoms with Gasteiger partial charge in [-0.1, -0.05) is 32.9 Å². The minimum atomic E-state index is -0.672. The van der Waals surface area contributed by atoms with Crippen molar-refractivity contribution in [1.29, 1.82) is 0 Å². The molecule has 0 saturated heterocycles. The van der Waals surface area contributed by atoms with Gasteiger partial charge in [0.2, 0.25) is 5.95 Å². The predicted molar refractivity (Wildman–Crippen MR) is 114 cm³/mol. The maximum atomic E-state index is 13.0. The molecule has 3 aromatic rings. The number of aromatic nitrogens is 4. The zero-order chi connectivity index (χ0) is 21.7. The lowest BCUT2D eigenvalue weighted by molar-refractivity contribution is -0.385.